The highest BCUT2D eigenvalue weighted by molar-refractivity contribution is 6.31. The first-order valence-electron chi connectivity index (χ1n) is 7.05. The number of nitrogens with zero attached hydrogens (tertiary/aromatic N) is 5. The van der Waals surface area contributed by atoms with Gasteiger partial charge in [0.25, 0.3) is 0 Å². The number of allylic oxidation sites excluding steroid dienone is 6. The molecule has 1 aliphatic rings. The summed E-state index contributed by atoms with van der Waals surface area (Å²) in [5, 5.41) is 23.0. The third kappa shape index (κ3) is 2.20. The van der Waals surface area contributed by atoms with Gasteiger partial charge in [-0.05, 0) is 34.2 Å². The summed E-state index contributed by atoms with van der Waals surface area (Å²) in [7, 11) is 0. The van der Waals surface area contributed by atoms with Gasteiger partial charge in [0.15, 0.2) is 5.65 Å². The maximum absolute atomic E-state index is 9.47. The molecule has 0 spiro atoms. The molecule has 4 rings (SSSR count). The summed E-state index contributed by atoms with van der Waals surface area (Å²) in [5.74, 6) is 0. The lowest BCUT2D eigenvalue weighted by molar-refractivity contribution is 0.841. The van der Waals surface area contributed by atoms with Crippen LogP contribution < -0.4 is 0 Å². The number of hydrogen-bond donors (Lipinski definition) is 0. The molecule has 6 heteroatoms. The Hall–Kier alpha value is -2.97. The molecule has 0 unspecified atom stereocenters. The fourth-order valence-electron chi connectivity index (χ4n) is 2.74. The van der Waals surface area contributed by atoms with Crippen molar-refractivity contribution in [2.24, 2.45) is 0 Å². The molecular formula is C17H10ClN5. The van der Waals surface area contributed by atoms with E-state index in [4.69, 9.17) is 11.6 Å². The van der Waals surface area contributed by atoms with Crippen LogP contribution in [0.5, 0.6) is 0 Å². The van der Waals surface area contributed by atoms with Gasteiger partial charge in [-0.25, -0.2) is 0 Å². The summed E-state index contributed by atoms with van der Waals surface area (Å²) in [6, 6.07) is 9.86. The predicted molar refractivity (Wildman–Crippen MR) is 88.7 cm³/mol. The van der Waals surface area contributed by atoms with Crippen molar-refractivity contribution in [2.75, 3.05) is 0 Å². The van der Waals surface area contributed by atoms with Crippen molar-refractivity contribution in [3.05, 3.63) is 64.7 Å². The summed E-state index contributed by atoms with van der Waals surface area (Å²) in [6.07, 6.45) is 8.33. The zero-order valence-electron chi connectivity index (χ0n) is 11.9. The fraction of sp³-hybridized carbons (Fsp3) is 0.0588. The van der Waals surface area contributed by atoms with Gasteiger partial charge >= 0.3 is 0 Å². The van der Waals surface area contributed by atoms with Gasteiger partial charge in [-0.2, -0.15) is 9.78 Å². The first kappa shape index (κ1) is 13.7. The van der Waals surface area contributed by atoms with Crippen LogP contribution in [-0.4, -0.2) is 20.0 Å². The maximum Gasteiger partial charge on any atom is 0.187 e. The minimum atomic E-state index is 0.589. The SMILES string of the molecule is N#CC1=C(c2cc3ccc(Cl)cc3n3nnnc23)C=CC=CC1. The van der Waals surface area contributed by atoms with E-state index in [9.17, 15) is 5.26 Å². The molecular weight excluding hydrogens is 310 g/mol. The number of aromatic nitrogens is 4. The monoisotopic (exact) mass is 319 g/mol. The zero-order valence-corrected chi connectivity index (χ0v) is 12.7. The van der Waals surface area contributed by atoms with Crippen molar-refractivity contribution < 1.29 is 0 Å². The molecule has 0 radical (unpaired) electrons. The molecule has 2 heterocycles. The Balaban J connectivity index is 2.11. The van der Waals surface area contributed by atoms with Gasteiger partial charge in [-0.15, -0.1) is 5.10 Å². The number of rotatable bonds is 1. The van der Waals surface area contributed by atoms with Crippen LogP contribution in [-0.2, 0) is 0 Å². The number of fused-ring (bicyclic) bond motifs is 3. The molecule has 5 nitrogen and oxygen atoms in total. The molecule has 0 atom stereocenters. The summed E-state index contributed by atoms with van der Waals surface area (Å²) in [4.78, 5) is 0. The normalized spacial score (nSPS) is 14.4. The minimum absolute atomic E-state index is 0.589. The largest absolute Gasteiger partial charge is 0.193 e. The quantitative estimate of drug-likeness (QED) is 0.685. The first-order valence-corrected chi connectivity index (χ1v) is 7.43. The van der Waals surface area contributed by atoms with Gasteiger partial charge in [0.05, 0.1) is 11.6 Å². The van der Waals surface area contributed by atoms with Crippen molar-refractivity contribution in [2.45, 2.75) is 6.42 Å². The van der Waals surface area contributed by atoms with Gasteiger partial charge in [0, 0.05) is 28.0 Å². The molecule has 3 aromatic rings. The number of halogens is 1. The molecule has 0 bridgehead atoms. The van der Waals surface area contributed by atoms with E-state index in [-0.39, 0.29) is 0 Å². The van der Waals surface area contributed by atoms with E-state index in [0.717, 1.165) is 22.0 Å². The second-order valence-electron chi connectivity index (χ2n) is 5.17. The molecule has 110 valence electrons. The Labute approximate surface area is 136 Å². The molecule has 0 N–H and O–H groups in total. The smallest absolute Gasteiger partial charge is 0.187 e. The van der Waals surface area contributed by atoms with E-state index >= 15 is 0 Å². The van der Waals surface area contributed by atoms with Crippen molar-refractivity contribution in [1.82, 2.24) is 20.0 Å². The first-order chi connectivity index (χ1) is 11.3. The molecule has 2 aromatic heterocycles. The van der Waals surface area contributed by atoms with Crippen LogP contribution in [0.3, 0.4) is 0 Å². The topological polar surface area (TPSA) is 66.9 Å². The van der Waals surface area contributed by atoms with Gasteiger partial charge < -0.3 is 0 Å². The summed E-state index contributed by atoms with van der Waals surface area (Å²) < 4.78 is 1.66. The van der Waals surface area contributed by atoms with Crippen LogP contribution >= 0.6 is 11.6 Å². The second-order valence-corrected chi connectivity index (χ2v) is 5.61. The number of nitriles is 1. The second kappa shape index (κ2) is 5.34. The number of pyridine rings is 1. The highest BCUT2D eigenvalue weighted by Crippen LogP contribution is 2.30. The Morgan fingerprint density at radius 3 is 3.00 bits per heavy atom. The van der Waals surface area contributed by atoms with Crippen molar-refractivity contribution >= 4 is 33.7 Å². The van der Waals surface area contributed by atoms with Crippen molar-refractivity contribution in [3.63, 3.8) is 0 Å². The highest BCUT2D eigenvalue weighted by Gasteiger charge is 2.16. The average Bonchev–Trinajstić information content (AvgIpc) is 2.93. The van der Waals surface area contributed by atoms with Crippen LogP contribution in [0.25, 0.3) is 22.1 Å². The highest BCUT2D eigenvalue weighted by atomic mass is 35.5. The molecule has 1 aliphatic carbocycles. The van der Waals surface area contributed by atoms with Gasteiger partial charge in [0.1, 0.15) is 0 Å². The number of benzene rings is 1. The van der Waals surface area contributed by atoms with Crippen LogP contribution in [0.2, 0.25) is 5.02 Å². The predicted octanol–water partition coefficient (Wildman–Crippen LogP) is 3.72. The van der Waals surface area contributed by atoms with E-state index < -0.39 is 0 Å². The summed E-state index contributed by atoms with van der Waals surface area (Å²) >= 11 is 6.09. The maximum atomic E-state index is 9.47. The molecule has 0 fully saturated rings. The summed E-state index contributed by atoms with van der Waals surface area (Å²) in [6.45, 7) is 0. The Morgan fingerprint density at radius 1 is 1.22 bits per heavy atom. The molecule has 0 amide bonds. The van der Waals surface area contributed by atoms with E-state index in [0.29, 0.717) is 22.7 Å². The zero-order chi connectivity index (χ0) is 15.8. The number of tetrazole rings is 1. The lowest BCUT2D eigenvalue weighted by Gasteiger charge is -2.09. The van der Waals surface area contributed by atoms with Crippen molar-refractivity contribution in [1.29, 1.82) is 5.26 Å². The Morgan fingerprint density at radius 2 is 2.13 bits per heavy atom. The van der Waals surface area contributed by atoms with Gasteiger partial charge in [0.2, 0.25) is 0 Å². The fourth-order valence-corrected chi connectivity index (χ4v) is 2.91. The van der Waals surface area contributed by atoms with Crippen LogP contribution in [0, 0.1) is 11.3 Å². The van der Waals surface area contributed by atoms with E-state index in [1.807, 2.05) is 48.6 Å². The summed E-state index contributed by atoms with van der Waals surface area (Å²) in [5.41, 5.74) is 3.80. The molecule has 0 saturated heterocycles. The van der Waals surface area contributed by atoms with Gasteiger partial charge in [-0.3, -0.25) is 0 Å². The molecule has 0 saturated carbocycles. The third-order valence-electron chi connectivity index (χ3n) is 3.81. The van der Waals surface area contributed by atoms with Crippen molar-refractivity contribution in [3.8, 4) is 6.07 Å². The van der Waals surface area contributed by atoms with Crippen LogP contribution in [0.15, 0.2) is 54.1 Å². The lowest BCUT2D eigenvalue weighted by atomic mass is 9.98. The molecule has 23 heavy (non-hydrogen) atoms. The average molecular weight is 320 g/mol. The number of hydrogen-bond acceptors (Lipinski definition) is 4. The Bertz CT molecular complexity index is 1070. The van der Waals surface area contributed by atoms with E-state index in [1.165, 1.54) is 0 Å². The molecule has 0 aliphatic heterocycles. The standard InChI is InChI=1S/C17H10ClN5/c18-13-7-6-11-8-15(14-5-3-1-2-4-12(14)10-19)17-20-21-22-23(17)16(11)9-13/h1-3,5-9H,4H2. The van der Waals surface area contributed by atoms with Crippen LogP contribution in [0.1, 0.15) is 12.0 Å². The van der Waals surface area contributed by atoms with E-state index in [2.05, 4.69) is 21.6 Å². The lowest BCUT2D eigenvalue weighted by Crippen LogP contribution is -1.97. The van der Waals surface area contributed by atoms with Crippen LogP contribution in [0.4, 0.5) is 0 Å². The van der Waals surface area contributed by atoms with Gasteiger partial charge in [-0.1, -0.05) is 42.0 Å². The molecule has 1 aromatic carbocycles. The Kier molecular flexibility index (Phi) is 3.18. The third-order valence-corrected chi connectivity index (χ3v) is 4.05. The van der Waals surface area contributed by atoms with E-state index in [1.54, 1.807) is 4.52 Å². The minimum Gasteiger partial charge on any atom is -0.193 e.